The van der Waals surface area contributed by atoms with Crippen LogP contribution >= 0.6 is 0 Å². The summed E-state index contributed by atoms with van der Waals surface area (Å²) >= 11 is 0. The number of hydrogen-bond acceptors (Lipinski definition) is 5. The zero-order valence-corrected chi connectivity index (χ0v) is 10.8. The molecule has 0 amide bonds. The Labute approximate surface area is 101 Å². The number of rotatable bonds is 5. The lowest BCUT2D eigenvalue weighted by atomic mass is 10.3. The van der Waals surface area contributed by atoms with E-state index in [9.17, 15) is 8.42 Å². The molecule has 6 heteroatoms. The van der Waals surface area contributed by atoms with E-state index in [0.29, 0.717) is 17.2 Å². The second kappa shape index (κ2) is 5.27. The first-order valence-corrected chi connectivity index (χ1v) is 6.47. The number of methoxy groups -OCH3 is 3. The van der Waals surface area contributed by atoms with E-state index in [0.717, 1.165) is 0 Å². The molecule has 0 aromatic heterocycles. The van der Waals surface area contributed by atoms with Crippen LogP contribution in [0.15, 0.2) is 17.0 Å². The van der Waals surface area contributed by atoms with Crippen molar-refractivity contribution in [2.24, 2.45) is 0 Å². The van der Waals surface area contributed by atoms with Crippen molar-refractivity contribution in [3.63, 3.8) is 0 Å². The van der Waals surface area contributed by atoms with Gasteiger partial charge in [0.2, 0.25) is 5.75 Å². The minimum atomic E-state index is -3.42. The average Bonchev–Trinajstić information content (AvgIpc) is 2.36. The maximum Gasteiger partial charge on any atom is 0.203 e. The molecule has 0 unspecified atom stereocenters. The zero-order chi connectivity index (χ0) is 13.1. The fraction of sp³-hybridized carbons (Fsp3) is 0.364. The van der Waals surface area contributed by atoms with E-state index in [1.54, 1.807) is 0 Å². The second-order valence-electron chi connectivity index (χ2n) is 3.18. The summed E-state index contributed by atoms with van der Waals surface area (Å²) in [5.74, 6) is 0.738. The van der Waals surface area contributed by atoms with Gasteiger partial charge in [0.25, 0.3) is 0 Å². The van der Waals surface area contributed by atoms with E-state index < -0.39 is 9.84 Å². The van der Waals surface area contributed by atoms with Crippen molar-refractivity contribution in [1.29, 1.82) is 0 Å². The third-order valence-electron chi connectivity index (χ3n) is 2.27. The van der Waals surface area contributed by atoms with Crippen molar-refractivity contribution in [2.75, 3.05) is 27.1 Å². The Kier molecular flexibility index (Phi) is 4.22. The van der Waals surface area contributed by atoms with Crippen molar-refractivity contribution >= 4 is 9.84 Å². The van der Waals surface area contributed by atoms with Crippen molar-refractivity contribution in [3.05, 3.63) is 19.1 Å². The summed E-state index contributed by atoms with van der Waals surface area (Å²) in [4.78, 5) is 0.0991. The van der Waals surface area contributed by atoms with Crippen LogP contribution in [0.4, 0.5) is 0 Å². The Bertz CT molecular complexity index is 468. The van der Waals surface area contributed by atoms with Gasteiger partial charge in [0.05, 0.1) is 32.0 Å². The molecule has 17 heavy (non-hydrogen) atoms. The van der Waals surface area contributed by atoms with Crippen LogP contribution < -0.4 is 14.2 Å². The molecule has 0 heterocycles. The highest BCUT2D eigenvalue weighted by Crippen LogP contribution is 2.39. The minimum absolute atomic E-state index is 0.0991. The van der Waals surface area contributed by atoms with Gasteiger partial charge in [-0.1, -0.05) is 0 Å². The molecule has 5 nitrogen and oxygen atoms in total. The highest BCUT2D eigenvalue weighted by atomic mass is 32.2. The third-order valence-corrected chi connectivity index (χ3v) is 3.76. The molecule has 1 radical (unpaired) electrons. The molecule has 0 N–H and O–H groups in total. The average molecular weight is 259 g/mol. The first-order chi connectivity index (χ1) is 8.00. The molecule has 0 bridgehead atoms. The maximum absolute atomic E-state index is 11.7. The fourth-order valence-corrected chi connectivity index (χ4v) is 2.16. The fourth-order valence-electron chi connectivity index (χ4n) is 1.35. The van der Waals surface area contributed by atoms with Crippen LogP contribution in [0.3, 0.4) is 0 Å². The van der Waals surface area contributed by atoms with Crippen molar-refractivity contribution in [2.45, 2.75) is 4.90 Å². The van der Waals surface area contributed by atoms with Gasteiger partial charge in [-0.2, -0.15) is 0 Å². The van der Waals surface area contributed by atoms with Gasteiger partial charge in [-0.25, -0.2) is 8.42 Å². The maximum atomic E-state index is 11.7. The quantitative estimate of drug-likeness (QED) is 0.798. The van der Waals surface area contributed by atoms with Crippen LogP contribution in [0.1, 0.15) is 0 Å². The zero-order valence-electron chi connectivity index (χ0n) is 10.0. The molecule has 0 spiro atoms. The number of ether oxygens (including phenoxy) is 3. The molecule has 0 atom stereocenters. The van der Waals surface area contributed by atoms with Gasteiger partial charge in [-0.15, -0.1) is 0 Å². The summed E-state index contributed by atoms with van der Waals surface area (Å²) in [7, 11) is 0.896. The van der Waals surface area contributed by atoms with Gasteiger partial charge < -0.3 is 14.2 Å². The molecule has 0 aliphatic rings. The molecular formula is C11H15O5S. The Morgan fingerprint density at radius 2 is 1.53 bits per heavy atom. The molecule has 0 saturated heterocycles. The lowest BCUT2D eigenvalue weighted by molar-refractivity contribution is 0.323. The summed E-state index contributed by atoms with van der Waals surface area (Å²) in [5.41, 5.74) is 0. The van der Waals surface area contributed by atoms with Crippen LogP contribution in [0.25, 0.3) is 0 Å². The van der Waals surface area contributed by atoms with E-state index in [1.165, 1.54) is 33.5 Å². The topological polar surface area (TPSA) is 61.8 Å². The smallest absolute Gasteiger partial charge is 0.203 e. The summed E-state index contributed by atoms with van der Waals surface area (Å²) in [6.45, 7) is 3.39. The molecule has 0 saturated carbocycles. The first-order valence-electron chi connectivity index (χ1n) is 4.82. The number of hydrogen-bond donors (Lipinski definition) is 0. The SMILES string of the molecule is [CH2]CS(=O)(=O)c1cc(OC)c(OC)c(OC)c1. The van der Waals surface area contributed by atoms with Gasteiger partial charge in [0.15, 0.2) is 21.3 Å². The molecule has 0 fully saturated rings. The highest BCUT2D eigenvalue weighted by Gasteiger charge is 2.19. The normalized spacial score (nSPS) is 11.1. The van der Waals surface area contributed by atoms with Crippen LogP contribution in [0.5, 0.6) is 17.2 Å². The molecule has 1 rings (SSSR count). The number of benzene rings is 1. The van der Waals surface area contributed by atoms with Crippen molar-refractivity contribution in [3.8, 4) is 17.2 Å². The van der Waals surface area contributed by atoms with Gasteiger partial charge in [-0.05, 0) is 6.92 Å². The molecule has 1 aromatic carbocycles. The summed E-state index contributed by atoms with van der Waals surface area (Å²) < 4.78 is 38.7. The van der Waals surface area contributed by atoms with Crippen molar-refractivity contribution in [1.82, 2.24) is 0 Å². The minimum Gasteiger partial charge on any atom is -0.493 e. The van der Waals surface area contributed by atoms with E-state index in [1.807, 2.05) is 0 Å². The van der Waals surface area contributed by atoms with E-state index in [-0.39, 0.29) is 10.6 Å². The lowest BCUT2D eigenvalue weighted by Gasteiger charge is -2.13. The highest BCUT2D eigenvalue weighted by molar-refractivity contribution is 7.91. The summed E-state index contributed by atoms with van der Waals surface area (Å²) in [5, 5.41) is 0. The van der Waals surface area contributed by atoms with Crippen LogP contribution in [0.2, 0.25) is 0 Å². The first kappa shape index (κ1) is 13.6. The van der Waals surface area contributed by atoms with Crippen LogP contribution in [0, 0.1) is 6.92 Å². The standard InChI is InChI=1S/C11H15O5S/c1-5-17(12,13)8-6-9(14-2)11(16-4)10(7-8)15-3/h6-7H,1,5H2,2-4H3. The molecule has 0 aliphatic heterocycles. The van der Waals surface area contributed by atoms with E-state index in [2.05, 4.69) is 6.92 Å². The van der Waals surface area contributed by atoms with Gasteiger partial charge >= 0.3 is 0 Å². The second-order valence-corrected chi connectivity index (χ2v) is 5.29. The summed E-state index contributed by atoms with van der Waals surface area (Å²) in [6, 6.07) is 2.78. The van der Waals surface area contributed by atoms with E-state index >= 15 is 0 Å². The predicted octanol–water partition coefficient (Wildman–Crippen LogP) is 1.32. The van der Waals surface area contributed by atoms with Gasteiger partial charge in [0.1, 0.15) is 0 Å². The Morgan fingerprint density at radius 1 is 1.06 bits per heavy atom. The van der Waals surface area contributed by atoms with Gasteiger partial charge in [0, 0.05) is 12.1 Å². The predicted molar refractivity (Wildman–Crippen MR) is 63.5 cm³/mol. The monoisotopic (exact) mass is 259 g/mol. The molecule has 0 aliphatic carbocycles. The Balaban J connectivity index is 3.48. The van der Waals surface area contributed by atoms with Crippen LogP contribution in [-0.2, 0) is 9.84 Å². The molecule has 95 valence electrons. The number of sulfone groups is 1. The Hall–Kier alpha value is -1.43. The Morgan fingerprint density at radius 3 is 1.82 bits per heavy atom. The van der Waals surface area contributed by atoms with E-state index in [4.69, 9.17) is 14.2 Å². The van der Waals surface area contributed by atoms with Crippen LogP contribution in [-0.4, -0.2) is 35.5 Å². The third kappa shape index (κ3) is 2.63. The van der Waals surface area contributed by atoms with Crippen molar-refractivity contribution < 1.29 is 22.6 Å². The largest absolute Gasteiger partial charge is 0.493 e. The molecular weight excluding hydrogens is 244 g/mol. The van der Waals surface area contributed by atoms with Gasteiger partial charge in [-0.3, -0.25) is 0 Å². The summed E-state index contributed by atoms with van der Waals surface area (Å²) in [6.07, 6.45) is 0. The molecule has 1 aromatic rings. The lowest BCUT2D eigenvalue weighted by Crippen LogP contribution is -2.05.